The van der Waals surface area contributed by atoms with Crippen molar-refractivity contribution in [1.29, 1.82) is 0 Å². The molecule has 0 saturated heterocycles. The molecule has 0 atom stereocenters. The highest BCUT2D eigenvalue weighted by Crippen LogP contribution is 2.18. The van der Waals surface area contributed by atoms with Gasteiger partial charge in [-0.1, -0.05) is 13.0 Å². The fourth-order valence-electron chi connectivity index (χ4n) is 1.80. The maximum atomic E-state index is 5.73. The number of benzene rings is 1. The third-order valence-corrected chi connectivity index (χ3v) is 3.13. The maximum Gasteiger partial charge on any atom is 0.146 e. The van der Waals surface area contributed by atoms with E-state index in [0.717, 1.165) is 30.4 Å². The minimum absolute atomic E-state index is 0.467. The number of ether oxygens (including phenoxy) is 1. The van der Waals surface area contributed by atoms with Gasteiger partial charge in [0.25, 0.3) is 0 Å². The predicted octanol–water partition coefficient (Wildman–Crippen LogP) is 3.58. The van der Waals surface area contributed by atoms with Crippen molar-refractivity contribution in [3.05, 3.63) is 53.0 Å². The smallest absolute Gasteiger partial charge is 0.146 e. The lowest BCUT2D eigenvalue weighted by atomic mass is 10.1. The van der Waals surface area contributed by atoms with Crippen LogP contribution in [0.1, 0.15) is 29.6 Å². The summed E-state index contributed by atoms with van der Waals surface area (Å²) < 4.78 is 11.4. The molecule has 102 valence electrons. The highest BCUT2D eigenvalue weighted by Gasteiger charge is 2.03. The van der Waals surface area contributed by atoms with Gasteiger partial charge < -0.3 is 14.5 Å². The van der Waals surface area contributed by atoms with E-state index < -0.39 is 0 Å². The van der Waals surface area contributed by atoms with Crippen LogP contribution < -0.4 is 10.1 Å². The van der Waals surface area contributed by atoms with Crippen LogP contribution in [0, 0.1) is 13.8 Å². The summed E-state index contributed by atoms with van der Waals surface area (Å²) >= 11 is 0. The van der Waals surface area contributed by atoms with Crippen molar-refractivity contribution in [2.75, 3.05) is 6.54 Å². The van der Waals surface area contributed by atoms with Gasteiger partial charge in [0.2, 0.25) is 0 Å². The van der Waals surface area contributed by atoms with Crippen LogP contribution in [0.2, 0.25) is 0 Å². The molecule has 1 aromatic heterocycles. The van der Waals surface area contributed by atoms with Crippen LogP contribution >= 0.6 is 0 Å². The van der Waals surface area contributed by atoms with Gasteiger partial charge in [0.15, 0.2) is 0 Å². The molecule has 0 unspecified atom stereocenters. The maximum absolute atomic E-state index is 5.73. The highest BCUT2D eigenvalue weighted by atomic mass is 16.5. The summed E-state index contributed by atoms with van der Waals surface area (Å²) in [5.74, 6) is 2.68. The number of aryl methyl sites for hydroxylation is 2. The molecule has 0 fully saturated rings. The van der Waals surface area contributed by atoms with Gasteiger partial charge in [-0.2, -0.15) is 0 Å². The Morgan fingerprint density at radius 3 is 2.58 bits per heavy atom. The molecule has 0 amide bonds. The Kier molecular flexibility index (Phi) is 4.63. The van der Waals surface area contributed by atoms with Crippen molar-refractivity contribution < 1.29 is 9.15 Å². The van der Waals surface area contributed by atoms with E-state index in [2.05, 4.69) is 38.2 Å². The zero-order valence-electron chi connectivity index (χ0n) is 11.8. The van der Waals surface area contributed by atoms with Crippen molar-refractivity contribution in [2.45, 2.75) is 33.9 Å². The topological polar surface area (TPSA) is 34.4 Å². The predicted molar refractivity (Wildman–Crippen MR) is 76.3 cm³/mol. The minimum atomic E-state index is 0.467. The van der Waals surface area contributed by atoms with Crippen molar-refractivity contribution >= 4 is 0 Å². The number of hydrogen-bond donors (Lipinski definition) is 1. The average Bonchev–Trinajstić information content (AvgIpc) is 2.86. The summed E-state index contributed by atoms with van der Waals surface area (Å²) in [6.07, 6.45) is 0. The first-order valence-corrected chi connectivity index (χ1v) is 6.67. The zero-order chi connectivity index (χ0) is 13.7. The van der Waals surface area contributed by atoms with Gasteiger partial charge in [0.05, 0.1) is 6.54 Å². The van der Waals surface area contributed by atoms with Gasteiger partial charge in [-0.3, -0.25) is 0 Å². The van der Waals surface area contributed by atoms with Crippen LogP contribution in [0.25, 0.3) is 0 Å². The molecule has 2 aromatic rings. The standard InChI is InChI=1S/C16H21NO2/c1-4-17-10-15-7-8-16(19-15)11-18-14-6-5-12(2)13(3)9-14/h5-9,17H,4,10-11H2,1-3H3. The van der Waals surface area contributed by atoms with E-state index in [4.69, 9.17) is 9.15 Å². The largest absolute Gasteiger partial charge is 0.486 e. The fraction of sp³-hybridized carbons (Fsp3) is 0.375. The second-order valence-corrected chi connectivity index (χ2v) is 4.68. The average molecular weight is 259 g/mol. The van der Waals surface area contributed by atoms with E-state index >= 15 is 0 Å². The van der Waals surface area contributed by atoms with Crippen LogP contribution in [-0.2, 0) is 13.2 Å². The molecule has 3 heteroatoms. The molecule has 0 aliphatic rings. The Balaban J connectivity index is 1.91. The quantitative estimate of drug-likeness (QED) is 0.861. The second kappa shape index (κ2) is 6.43. The number of nitrogens with one attached hydrogen (secondary N) is 1. The first-order valence-electron chi connectivity index (χ1n) is 6.67. The van der Waals surface area contributed by atoms with Crippen LogP contribution in [0.4, 0.5) is 0 Å². The first kappa shape index (κ1) is 13.7. The lowest BCUT2D eigenvalue weighted by molar-refractivity contribution is 0.265. The molecular formula is C16H21NO2. The van der Waals surface area contributed by atoms with E-state index in [-0.39, 0.29) is 0 Å². The molecule has 0 bridgehead atoms. The van der Waals surface area contributed by atoms with Crippen molar-refractivity contribution in [2.24, 2.45) is 0 Å². The molecule has 2 rings (SSSR count). The van der Waals surface area contributed by atoms with Gasteiger partial charge in [-0.25, -0.2) is 0 Å². The molecule has 1 heterocycles. The monoisotopic (exact) mass is 259 g/mol. The normalized spacial score (nSPS) is 10.7. The molecule has 0 aliphatic carbocycles. The summed E-state index contributed by atoms with van der Waals surface area (Å²) in [5, 5.41) is 3.23. The highest BCUT2D eigenvalue weighted by molar-refractivity contribution is 5.33. The van der Waals surface area contributed by atoms with Crippen LogP contribution in [0.15, 0.2) is 34.7 Å². The van der Waals surface area contributed by atoms with Crippen molar-refractivity contribution in [1.82, 2.24) is 5.32 Å². The molecule has 3 nitrogen and oxygen atoms in total. The summed E-state index contributed by atoms with van der Waals surface area (Å²) in [4.78, 5) is 0. The Morgan fingerprint density at radius 2 is 1.84 bits per heavy atom. The van der Waals surface area contributed by atoms with Crippen LogP contribution in [0.5, 0.6) is 5.75 Å². The third kappa shape index (κ3) is 3.86. The van der Waals surface area contributed by atoms with Crippen molar-refractivity contribution in [3.63, 3.8) is 0 Å². The summed E-state index contributed by atoms with van der Waals surface area (Å²) in [6, 6.07) is 10.1. The first-order chi connectivity index (χ1) is 9.19. The summed E-state index contributed by atoms with van der Waals surface area (Å²) in [5.41, 5.74) is 2.52. The Bertz CT molecular complexity index is 531. The molecule has 0 radical (unpaired) electrons. The molecule has 0 spiro atoms. The number of furan rings is 1. The van der Waals surface area contributed by atoms with Gasteiger partial charge >= 0.3 is 0 Å². The number of rotatable bonds is 6. The summed E-state index contributed by atoms with van der Waals surface area (Å²) in [6.45, 7) is 8.43. The van der Waals surface area contributed by atoms with Crippen molar-refractivity contribution in [3.8, 4) is 5.75 Å². The van der Waals surface area contributed by atoms with E-state index in [1.54, 1.807) is 0 Å². The van der Waals surface area contributed by atoms with E-state index in [1.807, 2.05) is 18.2 Å². The third-order valence-electron chi connectivity index (χ3n) is 3.13. The lowest BCUT2D eigenvalue weighted by Crippen LogP contribution is -2.10. The Hall–Kier alpha value is -1.74. The second-order valence-electron chi connectivity index (χ2n) is 4.68. The number of hydrogen-bond acceptors (Lipinski definition) is 3. The van der Waals surface area contributed by atoms with Crippen LogP contribution in [-0.4, -0.2) is 6.54 Å². The van der Waals surface area contributed by atoms with Gasteiger partial charge in [-0.15, -0.1) is 0 Å². The Morgan fingerprint density at radius 1 is 1.05 bits per heavy atom. The minimum Gasteiger partial charge on any atom is -0.486 e. The fourth-order valence-corrected chi connectivity index (χ4v) is 1.80. The molecule has 1 N–H and O–H groups in total. The van der Waals surface area contributed by atoms with Gasteiger partial charge in [0.1, 0.15) is 23.9 Å². The zero-order valence-corrected chi connectivity index (χ0v) is 11.8. The van der Waals surface area contributed by atoms with E-state index in [9.17, 15) is 0 Å². The van der Waals surface area contributed by atoms with Gasteiger partial charge in [-0.05, 0) is 55.8 Å². The molecule has 0 saturated carbocycles. The lowest BCUT2D eigenvalue weighted by Gasteiger charge is -2.06. The SMILES string of the molecule is CCNCc1ccc(COc2ccc(C)c(C)c2)o1. The summed E-state index contributed by atoms with van der Waals surface area (Å²) in [7, 11) is 0. The molecule has 1 aromatic carbocycles. The van der Waals surface area contributed by atoms with E-state index in [1.165, 1.54) is 11.1 Å². The molecule has 0 aliphatic heterocycles. The van der Waals surface area contributed by atoms with Crippen LogP contribution in [0.3, 0.4) is 0 Å². The van der Waals surface area contributed by atoms with Gasteiger partial charge in [0, 0.05) is 0 Å². The Labute approximate surface area is 114 Å². The van der Waals surface area contributed by atoms with E-state index in [0.29, 0.717) is 6.61 Å². The molecule has 19 heavy (non-hydrogen) atoms. The molecular weight excluding hydrogens is 238 g/mol.